The molecule has 2 aromatic heterocycles. The number of aromatic nitrogens is 2. The van der Waals surface area contributed by atoms with E-state index in [1.54, 1.807) is 7.11 Å². The number of hydrogen-bond donors (Lipinski definition) is 1. The van der Waals surface area contributed by atoms with Gasteiger partial charge in [-0.25, -0.2) is 4.98 Å². The van der Waals surface area contributed by atoms with Crippen LogP contribution in [0.3, 0.4) is 0 Å². The van der Waals surface area contributed by atoms with Gasteiger partial charge in [0.25, 0.3) is 0 Å². The van der Waals surface area contributed by atoms with Crippen molar-refractivity contribution in [3.63, 3.8) is 0 Å². The zero-order valence-electron chi connectivity index (χ0n) is 17.8. The third-order valence-corrected chi connectivity index (χ3v) is 5.19. The van der Waals surface area contributed by atoms with Crippen LogP contribution >= 0.6 is 24.0 Å². The molecule has 3 rings (SSSR count). The maximum absolute atomic E-state index is 5.95. The number of guanidine groups is 1. The number of aliphatic imine (C=N–C) groups is 1. The zero-order chi connectivity index (χ0) is 19.8. The molecule has 0 aromatic carbocycles. The van der Waals surface area contributed by atoms with Crippen molar-refractivity contribution in [2.24, 2.45) is 4.99 Å². The summed E-state index contributed by atoms with van der Waals surface area (Å²) in [5.74, 6) is 0.970. The number of pyridine rings is 1. The Hall–Kier alpha value is -1.39. The predicted octanol–water partition coefficient (Wildman–Crippen LogP) is 2.90. The Morgan fingerprint density at radius 3 is 2.79 bits per heavy atom. The average molecular weight is 515 g/mol. The maximum Gasteiger partial charge on any atom is 0.193 e. The summed E-state index contributed by atoms with van der Waals surface area (Å²) in [5, 5.41) is 3.49. The maximum atomic E-state index is 5.95. The molecule has 1 aliphatic rings. The lowest BCUT2D eigenvalue weighted by Gasteiger charge is -2.34. The Labute approximate surface area is 190 Å². The summed E-state index contributed by atoms with van der Waals surface area (Å²) in [5.41, 5.74) is 3.33. The van der Waals surface area contributed by atoms with Gasteiger partial charge < -0.3 is 24.1 Å². The van der Waals surface area contributed by atoms with E-state index >= 15 is 0 Å². The van der Waals surface area contributed by atoms with E-state index < -0.39 is 0 Å². The van der Waals surface area contributed by atoms with E-state index in [1.165, 1.54) is 5.56 Å². The van der Waals surface area contributed by atoms with Gasteiger partial charge in [-0.2, -0.15) is 0 Å². The molecule has 1 aliphatic heterocycles. The van der Waals surface area contributed by atoms with Gasteiger partial charge in [-0.05, 0) is 37.8 Å². The molecule has 3 heterocycles. The minimum Gasteiger partial charge on any atom is -0.385 e. The van der Waals surface area contributed by atoms with Crippen LogP contribution in [-0.4, -0.2) is 73.4 Å². The van der Waals surface area contributed by atoms with Crippen molar-refractivity contribution in [2.75, 3.05) is 47.0 Å². The topological polar surface area (TPSA) is 63.4 Å². The third-order valence-electron chi connectivity index (χ3n) is 5.19. The summed E-state index contributed by atoms with van der Waals surface area (Å²) in [6.07, 6.45) is 8.43. The highest BCUT2D eigenvalue weighted by Gasteiger charge is 2.21. The number of nitrogens with one attached hydrogen (secondary N) is 1. The van der Waals surface area contributed by atoms with Crippen LogP contribution in [0.5, 0.6) is 0 Å². The molecule has 0 aliphatic carbocycles. The summed E-state index contributed by atoms with van der Waals surface area (Å²) < 4.78 is 13.1. The SMILES string of the molecule is CN=C(NCCc1cn2cccc(C)c2n1)N1CCC(OCCCOC)CC1.I. The average Bonchev–Trinajstić information content (AvgIpc) is 3.14. The van der Waals surface area contributed by atoms with Crippen molar-refractivity contribution in [2.45, 2.75) is 38.7 Å². The Morgan fingerprint density at radius 1 is 1.31 bits per heavy atom. The molecular weight excluding hydrogens is 481 g/mol. The van der Waals surface area contributed by atoms with Crippen LogP contribution in [0.4, 0.5) is 0 Å². The molecule has 0 radical (unpaired) electrons. The van der Waals surface area contributed by atoms with Gasteiger partial charge in [0.2, 0.25) is 0 Å². The summed E-state index contributed by atoms with van der Waals surface area (Å²) >= 11 is 0. The first-order valence-electron chi connectivity index (χ1n) is 10.2. The van der Waals surface area contributed by atoms with E-state index in [4.69, 9.17) is 14.5 Å². The lowest BCUT2D eigenvalue weighted by Crippen LogP contribution is -2.47. The number of rotatable bonds is 8. The quantitative estimate of drug-likeness (QED) is 0.254. The molecule has 0 unspecified atom stereocenters. The summed E-state index contributed by atoms with van der Waals surface area (Å²) in [7, 11) is 3.58. The van der Waals surface area contributed by atoms with Gasteiger partial charge in [-0.1, -0.05) is 6.07 Å². The van der Waals surface area contributed by atoms with Crippen LogP contribution in [0.2, 0.25) is 0 Å². The first-order chi connectivity index (χ1) is 13.7. The number of imidazole rings is 1. The molecule has 1 fully saturated rings. The first-order valence-corrected chi connectivity index (χ1v) is 10.2. The molecule has 8 heteroatoms. The predicted molar refractivity (Wildman–Crippen MR) is 127 cm³/mol. The van der Waals surface area contributed by atoms with E-state index in [0.29, 0.717) is 6.10 Å². The fourth-order valence-electron chi connectivity index (χ4n) is 3.65. The highest BCUT2D eigenvalue weighted by molar-refractivity contribution is 14.0. The van der Waals surface area contributed by atoms with E-state index in [-0.39, 0.29) is 24.0 Å². The van der Waals surface area contributed by atoms with Crippen molar-refractivity contribution in [1.82, 2.24) is 19.6 Å². The number of fused-ring (bicyclic) bond motifs is 1. The van der Waals surface area contributed by atoms with Crippen LogP contribution in [0, 0.1) is 6.92 Å². The molecule has 1 N–H and O–H groups in total. The van der Waals surface area contributed by atoms with Gasteiger partial charge in [0, 0.05) is 65.8 Å². The van der Waals surface area contributed by atoms with E-state index in [1.807, 2.05) is 13.2 Å². The second kappa shape index (κ2) is 12.3. The molecule has 0 bridgehead atoms. The highest BCUT2D eigenvalue weighted by Crippen LogP contribution is 2.14. The minimum absolute atomic E-state index is 0. The number of likely N-dealkylation sites (tertiary alicyclic amines) is 1. The smallest absolute Gasteiger partial charge is 0.193 e. The highest BCUT2D eigenvalue weighted by atomic mass is 127. The van der Waals surface area contributed by atoms with Gasteiger partial charge >= 0.3 is 0 Å². The van der Waals surface area contributed by atoms with Crippen molar-refractivity contribution in [1.29, 1.82) is 0 Å². The molecule has 1 saturated heterocycles. The molecule has 7 nitrogen and oxygen atoms in total. The third kappa shape index (κ3) is 6.82. The van der Waals surface area contributed by atoms with Crippen LogP contribution in [0.25, 0.3) is 5.65 Å². The monoisotopic (exact) mass is 515 g/mol. The Bertz CT molecular complexity index is 772. The molecule has 162 valence electrons. The number of aryl methyl sites for hydroxylation is 1. The van der Waals surface area contributed by atoms with E-state index in [2.05, 4.69) is 44.9 Å². The van der Waals surface area contributed by atoms with Gasteiger partial charge in [-0.3, -0.25) is 4.99 Å². The number of nitrogens with zero attached hydrogens (tertiary/aromatic N) is 4. The van der Waals surface area contributed by atoms with Gasteiger partial charge in [-0.15, -0.1) is 24.0 Å². The number of hydrogen-bond acceptors (Lipinski definition) is 4. The Morgan fingerprint density at radius 2 is 2.10 bits per heavy atom. The van der Waals surface area contributed by atoms with Crippen LogP contribution in [0.1, 0.15) is 30.5 Å². The fraction of sp³-hybridized carbons (Fsp3) is 0.619. The van der Waals surface area contributed by atoms with Crippen molar-refractivity contribution in [3.05, 3.63) is 35.8 Å². The van der Waals surface area contributed by atoms with E-state index in [9.17, 15) is 0 Å². The standard InChI is InChI=1S/C21H33N5O2.HI/c1-17-6-4-11-26-16-18(24-20(17)26)7-10-23-21(22-2)25-12-8-19(9-13-25)28-15-5-14-27-3;/h4,6,11,16,19H,5,7-10,12-15H2,1-3H3,(H,22,23);1H. The summed E-state index contributed by atoms with van der Waals surface area (Å²) in [6.45, 7) is 6.41. The Balaban J connectivity index is 0.00000300. The molecule has 0 amide bonds. The fourth-order valence-corrected chi connectivity index (χ4v) is 3.65. The molecule has 0 atom stereocenters. The molecule has 0 spiro atoms. The minimum atomic E-state index is 0. The van der Waals surface area contributed by atoms with Gasteiger partial charge in [0.05, 0.1) is 11.8 Å². The number of ether oxygens (including phenoxy) is 2. The van der Waals surface area contributed by atoms with Crippen molar-refractivity contribution in [3.8, 4) is 0 Å². The largest absolute Gasteiger partial charge is 0.385 e. The van der Waals surface area contributed by atoms with Gasteiger partial charge in [0.1, 0.15) is 5.65 Å². The second-order valence-corrected chi connectivity index (χ2v) is 7.28. The molecule has 2 aromatic rings. The lowest BCUT2D eigenvalue weighted by molar-refractivity contribution is 0.00992. The number of piperidine rings is 1. The molecule has 29 heavy (non-hydrogen) atoms. The molecule has 0 saturated carbocycles. The summed E-state index contributed by atoms with van der Waals surface area (Å²) in [4.78, 5) is 11.5. The lowest BCUT2D eigenvalue weighted by atomic mass is 10.1. The van der Waals surface area contributed by atoms with Crippen LogP contribution in [-0.2, 0) is 15.9 Å². The van der Waals surface area contributed by atoms with Crippen molar-refractivity contribution < 1.29 is 9.47 Å². The number of methoxy groups -OCH3 is 1. The first kappa shape index (κ1) is 23.9. The summed E-state index contributed by atoms with van der Waals surface area (Å²) in [6, 6.07) is 4.15. The normalized spacial score (nSPS) is 15.6. The second-order valence-electron chi connectivity index (χ2n) is 7.28. The van der Waals surface area contributed by atoms with E-state index in [0.717, 1.165) is 75.8 Å². The van der Waals surface area contributed by atoms with Crippen LogP contribution in [0.15, 0.2) is 29.5 Å². The number of halogens is 1. The van der Waals surface area contributed by atoms with Gasteiger partial charge in [0.15, 0.2) is 5.96 Å². The zero-order valence-corrected chi connectivity index (χ0v) is 20.1. The van der Waals surface area contributed by atoms with Crippen molar-refractivity contribution >= 4 is 35.6 Å². The molecular formula is C21H34IN5O2. The van der Waals surface area contributed by atoms with Crippen LogP contribution < -0.4 is 5.32 Å². The Kier molecular flexibility index (Phi) is 10.2.